The second-order valence-electron chi connectivity index (χ2n) is 6.44. The van der Waals surface area contributed by atoms with E-state index in [0.29, 0.717) is 12.2 Å². The number of hydrogen-bond donors (Lipinski definition) is 0. The summed E-state index contributed by atoms with van der Waals surface area (Å²) in [7, 11) is 1.26. The summed E-state index contributed by atoms with van der Waals surface area (Å²) in [6.07, 6.45) is 0.330. The zero-order valence-electron chi connectivity index (χ0n) is 15.8. The van der Waals surface area contributed by atoms with Gasteiger partial charge >= 0.3 is 11.9 Å². The second-order valence-corrected chi connectivity index (χ2v) is 6.44. The van der Waals surface area contributed by atoms with Crippen LogP contribution in [0.2, 0.25) is 0 Å². The highest BCUT2D eigenvalue weighted by Gasteiger charge is 2.35. The van der Waals surface area contributed by atoms with Gasteiger partial charge in [0.2, 0.25) is 0 Å². The predicted octanol–water partition coefficient (Wildman–Crippen LogP) is 1.87. The number of ether oxygens (including phenoxy) is 3. The zero-order chi connectivity index (χ0) is 20.8. The Morgan fingerprint density at radius 1 is 1.03 bits per heavy atom. The van der Waals surface area contributed by atoms with Gasteiger partial charge in [0.1, 0.15) is 17.6 Å². The minimum Gasteiger partial charge on any atom is -0.482 e. The molecule has 0 saturated carbocycles. The molecule has 1 atom stereocenters. The highest BCUT2D eigenvalue weighted by atomic mass is 19.1. The summed E-state index contributed by atoms with van der Waals surface area (Å²) in [6.45, 7) is -0.734. The first-order chi connectivity index (χ1) is 14.0. The summed E-state index contributed by atoms with van der Waals surface area (Å²) in [5.41, 5.74) is 1.89. The van der Waals surface area contributed by atoms with Gasteiger partial charge in [-0.1, -0.05) is 24.3 Å². The van der Waals surface area contributed by atoms with E-state index < -0.39 is 42.9 Å². The van der Waals surface area contributed by atoms with E-state index in [2.05, 4.69) is 0 Å². The molecule has 1 aliphatic heterocycles. The second kappa shape index (κ2) is 9.18. The van der Waals surface area contributed by atoms with Crippen molar-refractivity contribution in [2.75, 3.05) is 20.3 Å². The van der Waals surface area contributed by atoms with Crippen molar-refractivity contribution in [2.24, 2.45) is 0 Å². The summed E-state index contributed by atoms with van der Waals surface area (Å²) < 4.78 is 27.8. The summed E-state index contributed by atoms with van der Waals surface area (Å²) in [4.78, 5) is 38.0. The maximum Gasteiger partial charge on any atom is 0.344 e. The molecule has 0 saturated heterocycles. The molecule has 0 aliphatic carbocycles. The SMILES string of the molecule is COC(=O)[C@H]1Cc2ccccc2CN1C(=O)COC(=O)COc1ccc(F)cc1. The van der Waals surface area contributed by atoms with E-state index in [9.17, 15) is 18.8 Å². The summed E-state index contributed by atoms with van der Waals surface area (Å²) in [5.74, 6) is -1.92. The van der Waals surface area contributed by atoms with Crippen molar-refractivity contribution in [3.05, 3.63) is 65.5 Å². The lowest BCUT2D eigenvalue weighted by Crippen LogP contribution is -2.50. The molecular formula is C21H20FNO6. The minimum atomic E-state index is -0.781. The Hall–Kier alpha value is -3.42. The van der Waals surface area contributed by atoms with Crippen LogP contribution in [0.4, 0.5) is 4.39 Å². The van der Waals surface area contributed by atoms with Crippen LogP contribution in [-0.2, 0) is 36.8 Å². The molecule has 1 amide bonds. The van der Waals surface area contributed by atoms with E-state index >= 15 is 0 Å². The highest BCUT2D eigenvalue weighted by Crippen LogP contribution is 2.24. The lowest BCUT2D eigenvalue weighted by Gasteiger charge is -2.35. The van der Waals surface area contributed by atoms with Gasteiger partial charge in [-0.2, -0.15) is 0 Å². The molecule has 0 fully saturated rings. The average molecular weight is 401 g/mol. The van der Waals surface area contributed by atoms with Crippen LogP contribution in [0.25, 0.3) is 0 Å². The number of rotatable bonds is 6. The van der Waals surface area contributed by atoms with Crippen molar-refractivity contribution in [1.29, 1.82) is 0 Å². The molecule has 29 heavy (non-hydrogen) atoms. The smallest absolute Gasteiger partial charge is 0.344 e. The molecule has 0 N–H and O–H groups in total. The van der Waals surface area contributed by atoms with Gasteiger partial charge < -0.3 is 19.1 Å². The van der Waals surface area contributed by atoms with Gasteiger partial charge in [0.05, 0.1) is 7.11 Å². The molecule has 2 aromatic rings. The molecule has 1 aliphatic rings. The maximum atomic E-state index is 12.9. The van der Waals surface area contributed by atoms with Gasteiger partial charge in [-0.25, -0.2) is 14.0 Å². The van der Waals surface area contributed by atoms with Crippen LogP contribution in [0.5, 0.6) is 5.75 Å². The van der Waals surface area contributed by atoms with Crippen molar-refractivity contribution in [3.63, 3.8) is 0 Å². The van der Waals surface area contributed by atoms with E-state index in [1.54, 1.807) is 0 Å². The van der Waals surface area contributed by atoms with Crippen LogP contribution in [0.3, 0.4) is 0 Å². The Bertz CT molecular complexity index is 898. The summed E-state index contributed by atoms with van der Waals surface area (Å²) >= 11 is 0. The molecule has 3 rings (SSSR count). The number of hydrogen-bond acceptors (Lipinski definition) is 6. The number of benzene rings is 2. The molecule has 2 aromatic carbocycles. The number of carbonyl (C=O) groups is 3. The molecular weight excluding hydrogens is 381 g/mol. The van der Waals surface area contributed by atoms with Crippen molar-refractivity contribution in [1.82, 2.24) is 4.90 Å². The Kier molecular flexibility index (Phi) is 6.43. The number of amides is 1. The van der Waals surface area contributed by atoms with Gasteiger partial charge in [0.25, 0.3) is 5.91 Å². The molecule has 7 nitrogen and oxygen atoms in total. The third kappa shape index (κ3) is 5.10. The summed E-state index contributed by atoms with van der Waals surface area (Å²) in [6, 6.07) is 11.9. The maximum absolute atomic E-state index is 12.9. The summed E-state index contributed by atoms with van der Waals surface area (Å²) in [5, 5.41) is 0. The van der Waals surface area contributed by atoms with Gasteiger partial charge in [-0.05, 0) is 35.4 Å². The van der Waals surface area contributed by atoms with E-state index in [1.165, 1.54) is 36.3 Å². The van der Waals surface area contributed by atoms with Crippen LogP contribution >= 0.6 is 0 Å². The van der Waals surface area contributed by atoms with Crippen LogP contribution in [0, 0.1) is 5.82 Å². The third-order valence-electron chi connectivity index (χ3n) is 4.57. The van der Waals surface area contributed by atoms with E-state index in [0.717, 1.165) is 11.1 Å². The van der Waals surface area contributed by atoms with Gasteiger partial charge in [0.15, 0.2) is 13.2 Å². The molecule has 0 unspecified atom stereocenters. The number of halogens is 1. The Balaban J connectivity index is 1.57. The average Bonchev–Trinajstić information content (AvgIpc) is 2.75. The molecule has 1 heterocycles. The number of carbonyl (C=O) groups excluding carboxylic acids is 3. The quantitative estimate of drug-likeness (QED) is 0.688. The predicted molar refractivity (Wildman–Crippen MR) is 99.4 cm³/mol. The fourth-order valence-electron chi connectivity index (χ4n) is 3.07. The fourth-order valence-corrected chi connectivity index (χ4v) is 3.07. The Labute approximate surface area is 167 Å². The first kappa shape index (κ1) is 20.3. The van der Waals surface area contributed by atoms with Gasteiger partial charge in [-0.3, -0.25) is 4.79 Å². The van der Waals surface area contributed by atoms with Gasteiger partial charge in [-0.15, -0.1) is 0 Å². The fraction of sp³-hybridized carbons (Fsp3) is 0.286. The van der Waals surface area contributed by atoms with E-state index in [1.807, 2.05) is 24.3 Å². The van der Waals surface area contributed by atoms with Crippen LogP contribution in [-0.4, -0.2) is 49.1 Å². The number of methoxy groups -OCH3 is 1. The largest absolute Gasteiger partial charge is 0.482 e. The lowest BCUT2D eigenvalue weighted by atomic mass is 9.94. The molecule has 0 radical (unpaired) electrons. The Morgan fingerprint density at radius 3 is 2.41 bits per heavy atom. The topological polar surface area (TPSA) is 82.1 Å². The van der Waals surface area contributed by atoms with Crippen molar-refractivity contribution in [2.45, 2.75) is 19.0 Å². The van der Waals surface area contributed by atoms with E-state index in [-0.39, 0.29) is 6.54 Å². The minimum absolute atomic E-state index is 0.221. The van der Waals surface area contributed by atoms with Crippen molar-refractivity contribution in [3.8, 4) is 5.75 Å². The first-order valence-electron chi connectivity index (χ1n) is 8.96. The van der Waals surface area contributed by atoms with E-state index in [4.69, 9.17) is 14.2 Å². The Morgan fingerprint density at radius 2 is 1.72 bits per heavy atom. The number of fused-ring (bicyclic) bond motifs is 1. The third-order valence-corrected chi connectivity index (χ3v) is 4.57. The van der Waals surface area contributed by atoms with Crippen LogP contribution in [0.15, 0.2) is 48.5 Å². The highest BCUT2D eigenvalue weighted by molar-refractivity contribution is 5.87. The molecule has 8 heteroatoms. The number of esters is 2. The molecule has 152 valence electrons. The van der Waals surface area contributed by atoms with Gasteiger partial charge in [0, 0.05) is 13.0 Å². The number of nitrogens with zero attached hydrogens (tertiary/aromatic N) is 1. The van der Waals surface area contributed by atoms with Crippen molar-refractivity contribution >= 4 is 17.8 Å². The molecule has 0 spiro atoms. The molecule has 0 aromatic heterocycles. The monoisotopic (exact) mass is 401 g/mol. The lowest BCUT2D eigenvalue weighted by molar-refractivity contribution is -0.160. The van der Waals surface area contributed by atoms with Crippen molar-refractivity contribution < 1.29 is 33.0 Å². The molecule has 0 bridgehead atoms. The van der Waals surface area contributed by atoms with Crippen LogP contribution < -0.4 is 4.74 Å². The van der Waals surface area contributed by atoms with Crippen LogP contribution in [0.1, 0.15) is 11.1 Å². The zero-order valence-corrected chi connectivity index (χ0v) is 15.8. The standard InChI is InChI=1S/C21H20FNO6/c1-27-21(26)18-10-14-4-2-3-5-15(14)11-23(18)19(24)12-29-20(25)13-28-17-8-6-16(22)7-9-17/h2-9,18H,10-13H2,1H3/t18-/m1/s1. The first-order valence-corrected chi connectivity index (χ1v) is 8.96. The normalized spacial score (nSPS) is 15.2.